The van der Waals surface area contributed by atoms with Crippen LogP contribution < -0.4 is 4.74 Å². The number of ether oxygens (including phenoxy) is 1. The van der Waals surface area contributed by atoms with E-state index in [9.17, 15) is 19.7 Å². The van der Waals surface area contributed by atoms with E-state index in [1.807, 2.05) is 0 Å². The Morgan fingerprint density at radius 1 is 1.12 bits per heavy atom. The van der Waals surface area contributed by atoms with Gasteiger partial charge in [-0.05, 0) is 42.5 Å². The molecule has 0 atom stereocenters. The number of aliphatic carboxylic acids is 1. The number of ketones is 1. The molecule has 7 nitrogen and oxygen atoms in total. The summed E-state index contributed by atoms with van der Waals surface area (Å²) in [6.45, 7) is -0.467. The number of rotatable bonds is 7. The van der Waals surface area contributed by atoms with Gasteiger partial charge < -0.3 is 9.84 Å². The van der Waals surface area contributed by atoms with Crippen molar-refractivity contribution in [2.75, 3.05) is 6.61 Å². The minimum Gasteiger partial charge on any atom is -0.482 e. The van der Waals surface area contributed by atoms with Crippen LogP contribution in [-0.2, 0) is 4.79 Å². The second-order valence-corrected chi connectivity index (χ2v) is 4.72. The molecule has 0 aliphatic heterocycles. The van der Waals surface area contributed by atoms with Crippen molar-refractivity contribution in [1.29, 1.82) is 0 Å². The zero-order valence-electron chi connectivity index (χ0n) is 12.4. The Morgan fingerprint density at radius 2 is 1.79 bits per heavy atom. The summed E-state index contributed by atoms with van der Waals surface area (Å²) in [5.74, 6) is -1.10. The summed E-state index contributed by atoms with van der Waals surface area (Å²) in [7, 11) is 0. The van der Waals surface area contributed by atoms with Crippen molar-refractivity contribution in [3.63, 3.8) is 0 Å². The van der Waals surface area contributed by atoms with Gasteiger partial charge in [0.2, 0.25) is 0 Å². The lowest BCUT2D eigenvalue weighted by atomic mass is 10.1. The maximum Gasteiger partial charge on any atom is 0.341 e. The van der Waals surface area contributed by atoms with Gasteiger partial charge in [0.05, 0.1) is 10.5 Å². The molecule has 0 spiro atoms. The molecule has 2 aromatic carbocycles. The SMILES string of the molecule is O=C(O)COc1ccc(C(=O)C=Cc2ccccc2[N+](=O)[O-])cc1. The van der Waals surface area contributed by atoms with E-state index in [1.54, 1.807) is 18.2 Å². The minimum absolute atomic E-state index is 0.0843. The highest BCUT2D eigenvalue weighted by Gasteiger charge is 2.10. The van der Waals surface area contributed by atoms with Crippen molar-refractivity contribution in [2.45, 2.75) is 0 Å². The van der Waals surface area contributed by atoms with Crippen molar-refractivity contribution in [1.82, 2.24) is 0 Å². The molecule has 2 rings (SSSR count). The number of nitro groups is 1. The van der Waals surface area contributed by atoms with Gasteiger partial charge in [-0.15, -0.1) is 0 Å². The van der Waals surface area contributed by atoms with Crippen LogP contribution in [-0.4, -0.2) is 28.4 Å². The first kappa shape index (κ1) is 16.9. The van der Waals surface area contributed by atoms with Gasteiger partial charge in [-0.1, -0.05) is 12.1 Å². The molecule has 0 aliphatic rings. The Kier molecular flexibility index (Phi) is 5.40. The van der Waals surface area contributed by atoms with Crippen molar-refractivity contribution in [3.05, 3.63) is 75.8 Å². The standard InChI is InChI=1S/C17H13NO6/c19-16(10-7-12-3-1-2-4-15(12)18(22)23)13-5-8-14(9-6-13)24-11-17(20)21/h1-10H,11H2,(H,20,21). The Labute approximate surface area is 137 Å². The number of benzene rings is 2. The first-order valence-electron chi connectivity index (χ1n) is 6.88. The van der Waals surface area contributed by atoms with Gasteiger partial charge in [0, 0.05) is 11.6 Å². The van der Waals surface area contributed by atoms with E-state index in [0.717, 1.165) is 0 Å². The molecule has 0 radical (unpaired) electrons. The monoisotopic (exact) mass is 327 g/mol. The van der Waals surface area contributed by atoms with Gasteiger partial charge in [-0.2, -0.15) is 0 Å². The highest BCUT2D eigenvalue weighted by Crippen LogP contribution is 2.19. The van der Waals surface area contributed by atoms with Gasteiger partial charge in [0.1, 0.15) is 5.75 Å². The molecule has 0 aliphatic carbocycles. The van der Waals surface area contributed by atoms with Crippen LogP contribution >= 0.6 is 0 Å². The first-order valence-corrected chi connectivity index (χ1v) is 6.88. The second-order valence-electron chi connectivity index (χ2n) is 4.72. The summed E-state index contributed by atoms with van der Waals surface area (Å²) in [5, 5.41) is 19.4. The van der Waals surface area contributed by atoms with Crippen molar-refractivity contribution in [2.24, 2.45) is 0 Å². The number of hydrogen-bond donors (Lipinski definition) is 1. The number of nitrogens with zero attached hydrogens (tertiary/aromatic N) is 1. The second kappa shape index (κ2) is 7.68. The van der Waals surface area contributed by atoms with Crippen LogP contribution in [0.5, 0.6) is 5.75 Å². The van der Waals surface area contributed by atoms with Crippen molar-refractivity contribution < 1.29 is 24.4 Å². The third kappa shape index (κ3) is 4.51. The number of para-hydroxylation sites is 1. The Bertz CT molecular complexity index is 795. The molecule has 0 aromatic heterocycles. The maximum atomic E-state index is 12.1. The molecule has 24 heavy (non-hydrogen) atoms. The largest absolute Gasteiger partial charge is 0.482 e. The molecular weight excluding hydrogens is 314 g/mol. The smallest absolute Gasteiger partial charge is 0.341 e. The van der Waals surface area contributed by atoms with E-state index in [0.29, 0.717) is 16.9 Å². The van der Waals surface area contributed by atoms with Crippen molar-refractivity contribution >= 4 is 23.5 Å². The van der Waals surface area contributed by atoms with Gasteiger partial charge in [-0.25, -0.2) is 4.79 Å². The number of allylic oxidation sites excluding steroid dienone is 1. The Hall–Kier alpha value is -3.48. The Balaban J connectivity index is 2.10. The van der Waals surface area contributed by atoms with Crippen LogP contribution in [0.3, 0.4) is 0 Å². The fraction of sp³-hybridized carbons (Fsp3) is 0.0588. The first-order chi connectivity index (χ1) is 11.5. The third-order valence-electron chi connectivity index (χ3n) is 3.05. The molecule has 122 valence electrons. The molecular formula is C17H13NO6. The van der Waals surface area contributed by atoms with Gasteiger partial charge in [-0.3, -0.25) is 14.9 Å². The number of nitro benzene ring substituents is 1. The zero-order chi connectivity index (χ0) is 17.5. The van der Waals surface area contributed by atoms with Gasteiger partial charge in [0.15, 0.2) is 12.4 Å². The normalized spacial score (nSPS) is 10.5. The predicted octanol–water partition coefficient (Wildman–Crippen LogP) is 2.95. The van der Waals surface area contributed by atoms with E-state index < -0.39 is 17.5 Å². The summed E-state index contributed by atoms with van der Waals surface area (Å²) >= 11 is 0. The average molecular weight is 327 g/mol. The maximum absolute atomic E-state index is 12.1. The highest BCUT2D eigenvalue weighted by atomic mass is 16.6. The third-order valence-corrected chi connectivity index (χ3v) is 3.05. The van der Waals surface area contributed by atoms with E-state index >= 15 is 0 Å². The van der Waals surface area contributed by atoms with Crippen LogP contribution in [0.15, 0.2) is 54.6 Å². The fourth-order valence-corrected chi connectivity index (χ4v) is 1.92. The molecule has 0 heterocycles. The lowest BCUT2D eigenvalue weighted by molar-refractivity contribution is -0.385. The van der Waals surface area contributed by atoms with E-state index in [-0.39, 0.29) is 11.5 Å². The number of carbonyl (C=O) groups excluding carboxylic acids is 1. The molecule has 0 saturated carbocycles. The van der Waals surface area contributed by atoms with Crippen LogP contribution in [0, 0.1) is 10.1 Å². The number of carboxylic acid groups (broad SMARTS) is 1. The number of carbonyl (C=O) groups is 2. The summed E-state index contributed by atoms with van der Waals surface area (Å²) in [6.07, 6.45) is 2.63. The Morgan fingerprint density at radius 3 is 2.42 bits per heavy atom. The quantitative estimate of drug-likeness (QED) is 0.362. The zero-order valence-corrected chi connectivity index (χ0v) is 12.4. The predicted molar refractivity (Wildman–Crippen MR) is 86.0 cm³/mol. The van der Waals surface area contributed by atoms with Crippen LogP contribution in [0.25, 0.3) is 6.08 Å². The van der Waals surface area contributed by atoms with Crippen LogP contribution in [0.1, 0.15) is 15.9 Å². The summed E-state index contributed by atoms with van der Waals surface area (Å²) in [6, 6.07) is 12.0. The fourth-order valence-electron chi connectivity index (χ4n) is 1.92. The molecule has 0 fully saturated rings. The highest BCUT2D eigenvalue weighted by molar-refractivity contribution is 6.07. The van der Waals surface area contributed by atoms with Gasteiger partial charge in [0.25, 0.3) is 5.69 Å². The number of hydrogen-bond acceptors (Lipinski definition) is 5. The average Bonchev–Trinajstić information content (AvgIpc) is 2.58. The van der Waals surface area contributed by atoms with E-state index in [4.69, 9.17) is 9.84 Å². The lowest BCUT2D eigenvalue weighted by Gasteiger charge is -2.03. The molecule has 0 amide bonds. The van der Waals surface area contributed by atoms with Crippen LogP contribution in [0.4, 0.5) is 5.69 Å². The lowest BCUT2D eigenvalue weighted by Crippen LogP contribution is -2.09. The molecule has 0 unspecified atom stereocenters. The summed E-state index contributed by atoms with van der Waals surface area (Å²) in [5.41, 5.74) is 0.601. The summed E-state index contributed by atoms with van der Waals surface area (Å²) in [4.78, 5) is 32.9. The molecule has 2 aromatic rings. The topological polar surface area (TPSA) is 107 Å². The van der Waals surface area contributed by atoms with E-state index in [2.05, 4.69) is 0 Å². The van der Waals surface area contributed by atoms with Gasteiger partial charge >= 0.3 is 5.97 Å². The van der Waals surface area contributed by atoms with E-state index in [1.165, 1.54) is 42.5 Å². The molecule has 1 N–H and O–H groups in total. The summed E-state index contributed by atoms with van der Waals surface area (Å²) < 4.78 is 4.97. The van der Waals surface area contributed by atoms with Crippen LogP contribution in [0.2, 0.25) is 0 Å². The molecule has 0 saturated heterocycles. The van der Waals surface area contributed by atoms with Crippen molar-refractivity contribution in [3.8, 4) is 5.75 Å². The molecule has 7 heteroatoms. The molecule has 0 bridgehead atoms. The number of carboxylic acids is 1. The minimum atomic E-state index is -1.09.